The van der Waals surface area contributed by atoms with Crippen molar-refractivity contribution in [2.45, 2.75) is 38.0 Å². The number of rotatable bonds is 2. The summed E-state index contributed by atoms with van der Waals surface area (Å²) >= 11 is 6.18. The van der Waals surface area contributed by atoms with Crippen molar-refractivity contribution >= 4 is 28.4 Å². The maximum absolute atomic E-state index is 13.4. The van der Waals surface area contributed by atoms with Crippen LogP contribution in [0, 0.1) is 11.3 Å². The van der Waals surface area contributed by atoms with E-state index >= 15 is 0 Å². The van der Waals surface area contributed by atoms with Crippen molar-refractivity contribution in [1.29, 1.82) is 5.26 Å². The van der Waals surface area contributed by atoms with Gasteiger partial charge in [-0.1, -0.05) is 41.9 Å². The number of hydrogen-bond donors (Lipinski definition) is 0. The van der Waals surface area contributed by atoms with Crippen LogP contribution >= 0.6 is 11.6 Å². The van der Waals surface area contributed by atoms with Crippen LogP contribution in [0.3, 0.4) is 0 Å². The second-order valence-corrected chi connectivity index (χ2v) is 8.59. The molecule has 152 valence electrons. The number of likely N-dealkylation sites (tertiary alicyclic amines) is 1. The summed E-state index contributed by atoms with van der Waals surface area (Å²) in [6.45, 7) is 3.74. The van der Waals surface area contributed by atoms with Crippen LogP contribution in [0.15, 0.2) is 48.7 Å². The van der Waals surface area contributed by atoms with E-state index in [1.807, 2.05) is 34.6 Å². The third kappa shape index (κ3) is 2.91. The highest BCUT2D eigenvalue weighted by molar-refractivity contribution is 6.31. The lowest BCUT2D eigenvalue weighted by Crippen LogP contribution is -2.45. The summed E-state index contributed by atoms with van der Waals surface area (Å²) in [6, 6.07) is 15.7. The lowest BCUT2D eigenvalue weighted by molar-refractivity contribution is -0.0741. The molecule has 2 aromatic carbocycles. The molecule has 0 N–H and O–H groups in total. The average Bonchev–Trinajstić information content (AvgIpc) is 3.32. The third-order valence-corrected chi connectivity index (χ3v) is 6.74. The summed E-state index contributed by atoms with van der Waals surface area (Å²) in [7, 11) is 0. The lowest BCUT2D eigenvalue weighted by Gasteiger charge is -2.39. The Labute approximate surface area is 180 Å². The highest BCUT2D eigenvalue weighted by atomic mass is 35.5. The fourth-order valence-corrected chi connectivity index (χ4v) is 4.98. The van der Waals surface area contributed by atoms with Crippen molar-refractivity contribution in [3.63, 3.8) is 0 Å². The molecule has 1 saturated heterocycles. The van der Waals surface area contributed by atoms with Crippen molar-refractivity contribution in [2.75, 3.05) is 13.1 Å². The zero-order valence-electron chi connectivity index (χ0n) is 16.8. The van der Waals surface area contributed by atoms with Gasteiger partial charge in [-0.25, -0.2) is 0 Å². The number of carbonyl (C=O) groups excluding carboxylic acids is 1. The van der Waals surface area contributed by atoms with Gasteiger partial charge < -0.3 is 14.2 Å². The predicted molar refractivity (Wildman–Crippen MR) is 115 cm³/mol. The van der Waals surface area contributed by atoms with Crippen LogP contribution in [0.5, 0.6) is 0 Å². The summed E-state index contributed by atoms with van der Waals surface area (Å²) in [5, 5.41) is 10.8. The van der Waals surface area contributed by atoms with Crippen LogP contribution in [0.4, 0.5) is 0 Å². The van der Waals surface area contributed by atoms with E-state index in [0.717, 1.165) is 23.7 Å². The minimum atomic E-state index is -0.388. The molecule has 0 saturated carbocycles. The number of nitriles is 1. The minimum Gasteiger partial charge on any atom is -0.365 e. The van der Waals surface area contributed by atoms with E-state index in [9.17, 15) is 10.1 Å². The number of ether oxygens (including phenoxy) is 1. The summed E-state index contributed by atoms with van der Waals surface area (Å²) in [5.74, 6) is -0.00709. The van der Waals surface area contributed by atoms with Crippen molar-refractivity contribution in [3.05, 3.63) is 70.4 Å². The van der Waals surface area contributed by atoms with Crippen LogP contribution in [0.2, 0.25) is 5.02 Å². The van der Waals surface area contributed by atoms with Crippen molar-refractivity contribution in [2.24, 2.45) is 0 Å². The summed E-state index contributed by atoms with van der Waals surface area (Å²) < 4.78 is 8.06. The molecule has 5 nitrogen and oxygen atoms in total. The molecule has 0 radical (unpaired) electrons. The molecule has 1 fully saturated rings. The molecule has 6 heteroatoms. The maximum Gasteiger partial charge on any atom is 0.256 e. The molecule has 0 aliphatic carbocycles. The van der Waals surface area contributed by atoms with Crippen LogP contribution in [0.1, 0.15) is 47.3 Å². The number of hydrogen-bond acceptors (Lipinski definition) is 3. The molecule has 5 rings (SSSR count). The summed E-state index contributed by atoms with van der Waals surface area (Å²) in [6.07, 6.45) is 3.37. The van der Waals surface area contributed by atoms with E-state index in [1.165, 1.54) is 11.1 Å². The number of piperidine rings is 1. The van der Waals surface area contributed by atoms with Gasteiger partial charge in [0.05, 0.1) is 29.4 Å². The molecule has 1 spiro atoms. The Bertz CT molecular complexity index is 1180. The SMILES string of the molecule is CC(C#N)n1cc(C(=O)N2CCC3(CC2)OCc2ccccc23)c2ccc(Cl)cc21. The molecule has 2 aliphatic heterocycles. The number of nitrogens with zero attached hydrogens (tertiary/aromatic N) is 3. The lowest BCUT2D eigenvalue weighted by atomic mass is 9.83. The van der Waals surface area contributed by atoms with Gasteiger partial charge in [0.2, 0.25) is 0 Å². The quantitative estimate of drug-likeness (QED) is 0.584. The molecule has 1 amide bonds. The Morgan fingerprint density at radius 1 is 1.23 bits per heavy atom. The first-order chi connectivity index (χ1) is 14.5. The number of carbonyl (C=O) groups is 1. The Balaban J connectivity index is 1.43. The topological polar surface area (TPSA) is 58.3 Å². The van der Waals surface area contributed by atoms with Crippen molar-refractivity contribution < 1.29 is 9.53 Å². The zero-order chi connectivity index (χ0) is 20.9. The fraction of sp³-hybridized carbons (Fsp3) is 0.333. The predicted octanol–water partition coefficient (Wildman–Crippen LogP) is 5.04. The van der Waals surface area contributed by atoms with E-state index < -0.39 is 0 Å². The standard InChI is InChI=1S/C24H22ClN3O2/c1-16(13-26)28-14-20(19-7-6-18(25)12-22(19)28)23(29)27-10-8-24(9-11-27)21-5-3-2-4-17(21)15-30-24/h2-7,12,14,16H,8-11,15H2,1H3. The van der Waals surface area contributed by atoms with E-state index in [1.54, 1.807) is 12.3 Å². The van der Waals surface area contributed by atoms with Crippen molar-refractivity contribution in [3.8, 4) is 6.07 Å². The van der Waals surface area contributed by atoms with Crippen LogP contribution in [0.25, 0.3) is 10.9 Å². The summed E-state index contributed by atoms with van der Waals surface area (Å²) in [5.41, 5.74) is 3.67. The van der Waals surface area contributed by atoms with Crippen LogP contribution in [-0.4, -0.2) is 28.5 Å². The minimum absolute atomic E-state index is 0.00709. The molecule has 1 unspecified atom stereocenters. The second kappa shape index (κ2) is 7.16. The largest absolute Gasteiger partial charge is 0.365 e. The number of fused-ring (bicyclic) bond motifs is 3. The zero-order valence-corrected chi connectivity index (χ0v) is 17.5. The molecule has 1 atom stereocenters. The molecular formula is C24H22ClN3O2. The molecule has 30 heavy (non-hydrogen) atoms. The highest BCUT2D eigenvalue weighted by Crippen LogP contribution is 2.44. The Morgan fingerprint density at radius 2 is 2.00 bits per heavy atom. The van der Waals surface area contributed by atoms with Crippen LogP contribution in [-0.2, 0) is 16.9 Å². The first-order valence-electron chi connectivity index (χ1n) is 10.2. The van der Waals surface area contributed by atoms with Gasteiger partial charge in [-0.2, -0.15) is 5.26 Å². The van der Waals surface area contributed by atoms with Gasteiger partial charge in [0.25, 0.3) is 5.91 Å². The molecule has 1 aromatic heterocycles. The Morgan fingerprint density at radius 3 is 2.77 bits per heavy atom. The first-order valence-corrected chi connectivity index (χ1v) is 10.6. The molecule has 0 bridgehead atoms. The van der Waals surface area contributed by atoms with Gasteiger partial charge in [0.1, 0.15) is 6.04 Å². The Hall–Kier alpha value is -2.81. The molecule has 2 aliphatic rings. The van der Waals surface area contributed by atoms with E-state index in [0.29, 0.717) is 30.3 Å². The number of aromatic nitrogens is 1. The number of halogens is 1. The number of benzene rings is 2. The van der Waals surface area contributed by atoms with Gasteiger partial charge in [-0.3, -0.25) is 4.79 Å². The third-order valence-electron chi connectivity index (χ3n) is 6.50. The highest BCUT2D eigenvalue weighted by Gasteiger charge is 2.43. The van der Waals surface area contributed by atoms with E-state index in [-0.39, 0.29) is 17.6 Å². The maximum atomic E-state index is 13.4. The van der Waals surface area contributed by atoms with Gasteiger partial charge in [0, 0.05) is 29.7 Å². The molecule has 3 heterocycles. The second-order valence-electron chi connectivity index (χ2n) is 8.15. The average molecular weight is 420 g/mol. The van der Waals surface area contributed by atoms with E-state index in [2.05, 4.69) is 24.3 Å². The monoisotopic (exact) mass is 419 g/mol. The van der Waals surface area contributed by atoms with Gasteiger partial charge in [-0.15, -0.1) is 0 Å². The normalized spacial score (nSPS) is 18.4. The van der Waals surface area contributed by atoms with Gasteiger partial charge >= 0.3 is 0 Å². The number of amides is 1. The van der Waals surface area contributed by atoms with Crippen LogP contribution < -0.4 is 0 Å². The van der Waals surface area contributed by atoms with Crippen molar-refractivity contribution in [1.82, 2.24) is 9.47 Å². The first kappa shape index (κ1) is 19.2. The molecule has 3 aromatic rings. The van der Waals surface area contributed by atoms with Gasteiger partial charge in [0.15, 0.2) is 0 Å². The molecular weight excluding hydrogens is 398 g/mol. The fourth-order valence-electron chi connectivity index (χ4n) is 4.82. The Kier molecular flexibility index (Phi) is 4.57. The smallest absolute Gasteiger partial charge is 0.256 e. The summed E-state index contributed by atoms with van der Waals surface area (Å²) in [4.78, 5) is 15.3. The van der Waals surface area contributed by atoms with E-state index in [4.69, 9.17) is 16.3 Å². The van der Waals surface area contributed by atoms with Gasteiger partial charge in [-0.05, 0) is 43.0 Å².